The fourth-order valence-electron chi connectivity index (χ4n) is 1.11. The number of hydrogen-bond donors (Lipinski definition) is 1. The number of rotatable bonds is 4. The monoisotopic (exact) mass is 239 g/mol. The third-order valence-corrected chi connectivity index (χ3v) is 2.58. The highest BCUT2D eigenvalue weighted by Gasteiger charge is 2.27. The lowest BCUT2D eigenvalue weighted by atomic mass is 10.2. The van der Waals surface area contributed by atoms with E-state index in [9.17, 15) is 18.3 Å². The Hall–Kier alpha value is -0.620. The summed E-state index contributed by atoms with van der Waals surface area (Å²) < 4.78 is 37.1. The summed E-state index contributed by atoms with van der Waals surface area (Å²) in [5.41, 5.74) is -3.45. The Morgan fingerprint density at radius 2 is 2.20 bits per heavy atom. The van der Waals surface area contributed by atoms with E-state index < -0.39 is 11.6 Å². The minimum atomic E-state index is -4.17. The molecular weight excluding hydrogens is 227 g/mol. The Kier molecular flexibility index (Phi) is 4.10. The zero-order chi connectivity index (χ0) is 11.5. The van der Waals surface area contributed by atoms with Crippen LogP contribution in [0.1, 0.15) is 18.6 Å². The fourth-order valence-corrected chi connectivity index (χ4v) is 1.65. The number of aromatic nitrogens is 1. The molecule has 6 heteroatoms. The molecule has 1 atom stereocenters. The van der Waals surface area contributed by atoms with Gasteiger partial charge in [-0.05, 0) is 30.3 Å². The second kappa shape index (κ2) is 4.94. The van der Waals surface area contributed by atoms with Gasteiger partial charge in [0.15, 0.2) is 0 Å². The first-order valence-electron chi connectivity index (χ1n) is 4.43. The third-order valence-electron chi connectivity index (χ3n) is 1.87. The maximum absolute atomic E-state index is 11.8. The second-order valence-corrected chi connectivity index (χ2v) is 4.31. The zero-order valence-electron chi connectivity index (χ0n) is 8.16. The SMILES string of the molecule is CC(O)c1ccn(CCSC(F)(F)F)c1. The number of aryl methyl sites for hydroxylation is 1. The first-order chi connectivity index (χ1) is 6.88. The van der Waals surface area contributed by atoms with Gasteiger partial charge in [-0.3, -0.25) is 0 Å². The van der Waals surface area contributed by atoms with Crippen molar-refractivity contribution in [2.24, 2.45) is 0 Å². The highest BCUT2D eigenvalue weighted by Crippen LogP contribution is 2.30. The van der Waals surface area contributed by atoms with Gasteiger partial charge in [0.2, 0.25) is 0 Å². The Bertz CT molecular complexity index is 309. The Balaban J connectivity index is 2.38. The summed E-state index contributed by atoms with van der Waals surface area (Å²) in [4.78, 5) is 0. The van der Waals surface area contributed by atoms with Gasteiger partial charge in [0.25, 0.3) is 0 Å². The summed E-state index contributed by atoms with van der Waals surface area (Å²) in [5, 5.41) is 9.19. The van der Waals surface area contributed by atoms with Gasteiger partial charge in [0, 0.05) is 24.7 Å². The molecule has 0 amide bonds. The number of nitrogens with zero attached hydrogens (tertiary/aromatic N) is 1. The van der Waals surface area contributed by atoms with Gasteiger partial charge in [-0.1, -0.05) is 0 Å². The largest absolute Gasteiger partial charge is 0.441 e. The molecule has 0 aromatic carbocycles. The average Bonchev–Trinajstić information content (AvgIpc) is 2.50. The molecule has 2 nitrogen and oxygen atoms in total. The second-order valence-electron chi connectivity index (χ2n) is 3.15. The standard InChI is InChI=1S/C9H12F3NOS/c1-7(14)8-2-3-13(6-8)4-5-15-9(10,11)12/h2-3,6-7,14H,4-5H2,1H3. The van der Waals surface area contributed by atoms with Crippen molar-refractivity contribution < 1.29 is 18.3 Å². The molecule has 0 radical (unpaired) electrons. The van der Waals surface area contributed by atoms with Crippen molar-refractivity contribution in [2.75, 3.05) is 5.75 Å². The van der Waals surface area contributed by atoms with Crippen molar-refractivity contribution in [1.82, 2.24) is 4.57 Å². The van der Waals surface area contributed by atoms with Crippen molar-refractivity contribution in [3.05, 3.63) is 24.0 Å². The van der Waals surface area contributed by atoms with Gasteiger partial charge in [-0.2, -0.15) is 13.2 Å². The molecule has 15 heavy (non-hydrogen) atoms. The van der Waals surface area contributed by atoms with E-state index in [-0.39, 0.29) is 24.1 Å². The number of thioether (sulfide) groups is 1. The Morgan fingerprint density at radius 1 is 1.53 bits per heavy atom. The van der Waals surface area contributed by atoms with Crippen molar-refractivity contribution in [3.63, 3.8) is 0 Å². The van der Waals surface area contributed by atoms with E-state index in [2.05, 4.69) is 0 Å². The van der Waals surface area contributed by atoms with Gasteiger partial charge in [-0.15, -0.1) is 0 Å². The van der Waals surface area contributed by atoms with E-state index in [0.717, 1.165) is 0 Å². The molecule has 1 aromatic rings. The molecule has 1 rings (SSSR count). The lowest BCUT2D eigenvalue weighted by molar-refractivity contribution is -0.0328. The topological polar surface area (TPSA) is 25.2 Å². The molecule has 0 saturated heterocycles. The first-order valence-corrected chi connectivity index (χ1v) is 5.41. The molecule has 86 valence electrons. The summed E-state index contributed by atoms with van der Waals surface area (Å²) in [6, 6.07) is 1.70. The van der Waals surface area contributed by atoms with Crippen LogP contribution >= 0.6 is 11.8 Å². The lowest BCUT2D eigenvalue weighted by Gasteiger charge is -2.06. The molecule has 1 heterocycles. The van der Waals surface area contributed by atoms with Gasteiger partial charge >= 0.3 is 5.51 Å². The van der Waals surface area contributed by atoms with E-state index in [1.807, 2.05) is 0 Å². The summed E-state index contributed by atoms with van der Waals surface area (Å²) >= 11 is -0.0373. The third kappa shape index (κ3) is 4.61. The average molecular weight is 239 g/mol. The molecule has 0 fully saturated rings. The Morgan fingerprint density at radius 3 is 2.67 bits per heavy atom. The number of aliphatic hydroxyl groups excluding tert-OH is 1. The normalized spacial score (nSPS) is 14.2. The van der Waals surface area contributed by atoms with Crippen molar-refractivity contribution in [3.8, 4) is 0 Å². The number of alkyl halides is 3. The molecule has 0 spiro atoms. The van der Waals surface area contributed by atoms with Gasteiger partial charge in [0.05, 0.1) is 6.10 Å². The van der Waals surface area contributed by atoms with Crippen molar-refractivity contribution in [2.45, 2.75) is 25.1 Å². The highest BCUT2D eigenvalue weighted by molar-refractivity contribution is 8.00. The van der Waals surface area contributed by atoms with E-state index in [0.29, 0.717) is 5.56 Å². The van der Waals surface area contributed by atoms with Crippen LogP contribution in [0.25, 0.3) is 0 Å². The van der Waals surface area contributed by atoms with Crippen LogP contribution in [0.5, 0.6) is 0 Å². The van der Waals surface area contributed by atoms with Crippen molar-refractivity contribution in [1.29, 1.82) is 0 Å². The van der Waals surface area contributed by atoms with E-state index >= 15 is 0 Å². The molecule has 0 aliphatic rings. The van der Waals surface area contributed by atoms with Gasteiger partial charge in [-0.25, -0.2) is 0 Å². The number of aliphatic hydroxyl groups is 1. The first kappa shape index (κ1) is 12.4. The summed E-state index contributed by atoms with van der Waals surface area (Å²) in [6.45, 7) is 1.90. The molecule has 1 unspecified atom stereocenters. The molecular formula is C9H12F3NOS. The molecule has 0 aliphatic heterocycles. The van der Waals surface area contributed by atoms with Crippen LogP contribution in [0.15, 0.2) is 18.5 Å². The van der Waals surface area contributed by atoms with Gasteiger partial charge in [0.1, 0.15) is 0 Å². The number of hydrogen-bond acceptors (Lipinski definition) is 2. The fraction of sp³-hybridized carbons (Fsp3) is 0.556. The van der Waals surface area contributed by atoms with Crippen LogP contribution in [-0.2, 0) is 6.54 Å². The molecule has 0 saturated carbocycles. The predicted octanol–water partition coefficient (Wildman–Crippen LogP) is 2.79. The van der Waals surface area contributed by atoms with Crippen molar-refractivity contribution >= 4 is 11.8 Å². The minimum absolute atomic E-state index is 0.0164. The van der Waals surface area contributed by atoms with E-state index in [1.54, 1.807) is 30.0 Å². The van der Waals surface area contributed by atoms with Crippen LogP contribution < -0.4 is 0 Å². The van der Waals surface area contributed by atoms with Crippen LogP contribution in [0.4, 0.5) is 13.2 Å². The smallest absolute Gasteiger partial charge is 0.389 e. The maximum Gasteiger partial charge on any atom is 0.441 e. The number of halogens is 3. The maximum atomic E-state index is 11.8. The Labute approximate surface area is 90.1 Å². The van der Waals surface area contributed by atoms with Crippen LogP contribution in [0, 0.1) is 0 Å². The van der Waals surface area contributed by atoms with E-state index in [4.69, 9.17) is 0 Å². The molecule has 1 aromatic heterocycles. The molecule has 0 aliphatic carbocycles. The molecule has 0 bridgehead atoms. The lowest BCUT2D eigenvalue weighted by Crippen LogP contribution is -2.05. The van der Waals surface area contributed by atoms with Gasteiger partial charge < -0.3 is 9.67 Å². The van der Waals surface area contributed by atoms with E-state index in [1.165, 1.54) is 0 Å². The highest BCUT2D eigenvalue weighted by atomic mass is 32.2. The minimum Gasteiger partial charge on any atom is -0.389 e. The van der Waals surface area contributed by atoms with Crippen LogP contribution in [0.2, 0.25) is 0 Å². The summed E-state index contributed by atoms with van der Waals surface area (Å²) in [5.74, 6) is -0.0164. The van der Waals surface area contributed by atoms with Crippen LogP contribution in [-0.4, -0.2) is 20.9 Å². The molecule has 1 N–H and O–H groups in total. The predicted molar refractivity (Wildman–Crippen MR) is 53.6 cm³/mol. The summed E-state index contributed by atoms with van der Waals surface area (Å²) in [6.07, 6.45) is 2.74. The van der Waals surface area contributed by atoms with Crippen LogP contribution in [0.3, 0.4) is 0 Å². The quantitative estimate of drug-likeness (QED) is 0.874. The summed E-state index contributed by atoms with van der Waals surface area (Å²) in [7, 11) is 0. The zero-order valence-corrected chi connectivity index (χ0v) is 8.98.